The number of hydrogen-bond acceptors (Lipinski definition) is 2. The van der Waals surface area contributed by atoms with E-state index in [4.69, 9.17) is 0 Å². The highest BCUT2D eigenvalue weighted by Gasteiger charge is 2.06. The second-order valence-electron chi connectivity index (χ2n) is 2.24. The van der Waals surface area contributed by atoms with Crippen LogP contribution in [0.4, 0.5) is 0 Å². The minimum absolute atomic E-state index is 0.0250. The molecule has 0 unspecified atom stereocenters. The molecule has 3 nitrogen and oxygen atoms in total. The fraction of sp³-hybridized carbons (Fsp3) is 0.818. The van der Waals surface area contributed by atoms with Crippen LogP contribution >= 0.6 is 0 Å². The first-order chi connectivity index (χ1) is 6.57. The van der Waals surface area contributed by atoms with E-state index in [-0.39, 0.29) is 18.2 Å². The molecule has 0 aromatic rings. The van der Waals surface area contributed by atoms with Crippen LogP contribution in [-0.2, 0) is 9.59 Å². The number of likely N-dealkylation sites (N-methyl/N-ethyl adjacent to an activating group) is 1. The zero-order valence-electron chi connectivity index (χ0n) is 10.7. The summed E-state index contributed by atoms with van der Waals surface area (Å²) < 4.78 is 0. The fourth-order valence-corrected chi connectivity index (χ4v) is 0.715. The van der Waals surface area contributed by atoms with Gasteiger partial charge in [-0.3, -0.25) is 9.59 Å². The highest BCUT2D eigenvalue weighted by atomic mass is 16.2. The molecule has 0 aliphatic carbocycles. The highest BCUT2D eigenvalue weighted by molar-refractivity contribution is 5.83. The first-order valence-corrected chi connectivity index (χ1v) is 5.32. The van der Waals surface area contributed by atoms with Gasteiger partial charge < -0.3 is 4.90 Å². The predicted octanol–water partition coefficient (Wildman–Crippen LogP) is 2.50. The number of Topliss-reactive ketones (excluding diaryl/α,β-unsaturated/α-hetero) is 1. The Bertz CT molecular complexity index is 144. The Balaban J connectivity index is -0.000000266. The van der Waals surface area contributed by atoms with Crippen molar-refractivity contribution in [3.63, 3.8) is 0 Å². The average Bonchev–Trinajstić information content (AvgIpc) is 2.19. The van der Waals surface area contributed by atoms with Gasteiger partial charge in [0.2, 0.25) is 5.91 Å². The molecule has 0 bridgehead atoms. The lowest BCUT2D eigenvalue weighted by Crippen LogP contribution is -2.32. The summed E-state index contributed by atoms with van der Waals surface area (Å²) in [5.41, 5.74) is 0. The Morgan fingerprint density at radius 3 is 1.43 bits per heavy atom. The SMILES string of the molecule is CC.CC.CCN(CC(C)=O)C(C)=O. The van der Waals surface area contributed by atoms with Crippen molar-refractivity contribution in [2.75, 3.05) is 13.1 Å². The van der Waals surface area contributed by atoms with Crippen LogP contribution in [0.5, 0.6) is 0 Å². The van der Waals surface area contributed by atoms with Gasteiger partial charge in [0, 0.05) is 13.5 Å². The lowest BCUT2D eigenvalue weighted by Gasteiger charge is -2.16. The third-order valence-electron chi connectivity index (χ3n) is 1.24. The average molecular weight is 203 g/mol. The van der Waals surface area contributed by atoms with E-state index in [1.165, 1.54) is 18.7 Å². The van der Waals surface area contributed by atoms with Gasteiger partial charge in [-0.05, 0) is 13.8 Å². The molecule has 0 aliphatic heterocycles. The maximum atomic E-state index is 10.7. The molecule has 0 aliphatic rings. The monoisotopic (exact) mass is 203 g/mol. The first kappa shape index (κ1) is 18.8. The van der Waals surface area contributed by atoms with Crippen LogP contribution in [0, 0.1) is 0 Å². The summed E-state index contributed by atoms with van der Waals surface area (Å²) in [6.45, 7) is 13.6. The zero-order chi connectivity index (χ0) is 12.1. The van der Waals surface area contributed by atoms with Crippen molar-refractivity contribution in [3.8, 4) is 0 Å². The summed E-state index contributed by atoms with van der Waals surface area (Å²) in [4.78, 5) is 22.7. The fourth-order valence-electron chi connectivity index (χ4n) is 0.715. The van der Waals surface area contributed by atoms with Crippen LogP contribution in [0.25, 0.3) is 0 Å². The quantitative estimate of drug-likeness (QED) is 0.706. The molecule has 0 radical (unpaired) electrons. The second kappa shape index (κ2) is 14.7. The van der Waals surface area contributed by atoms with Crippen molar-refractivity contribution in [2.24, 2.45) is 0 Å². The van der Waals surface area contributed by atoms with Crippen molar-refractivity contribution in [1.82, 2.24) is 4.90 Å². The van der Waals surface area contributed by atoms with Crippen molar-refractivity contribution in [1.29, 1.82) is 0 Å². The summed E-state index contributed by atoms with van der Waals surface area (Å²) in [5, 5.41) is 0. The number of hydrogen-bond donors (Lipinski definition) is 0. The van der Waals surface area contributed by atoms with Gasteiger partial charge in [0.25, 0.3) is 0 Å². The molecule has 1 amide bonds. The number of ketones is 1. The molecule has 0 spiro atoms. The Morgan fingerprint density at radius 1 is 1.00 bits per heavy atom. The van der Waals surface area contributed by atoms with Crippen LogP contribution in [0.3, 0.4) is 0 Å². The molecule has 0 saturated carbocycles. The molecule has 0 aromatic carbocycles. The number of nitrogens with zero attached hydrogens (tertiary/aromatic N) is 1. The van der Waals surface area contributed by atoms with Crippen molar-refractivity contribution < 1.29 is 9.59 Å². The van der Waals surface area contributed by atoms with Gasteiger partial charge in [-0.15, -0.1) is 0 Å². The van der Waals surface area contributed by atoms with Gasteiger partial charge in [-0.1, -0.05) is 27.7 Å². The Hall–Kier alpha value is -0.860. The van der Waals surface area contributed by atoms with E-state index >= 15 is 0 Å². The van der Waals surface area contributed by atoms with E-state index in [1.54, 1.807) is 0 Å². The third kappa shape index (κ3) is 13.7. The lowest BCUT2D eigenvalue weighted by atomic mass is 10.4. The van der Waals surface area contributed by atoms with E-state index < -0.39 is 0 Å². The molecule has 0 atom stereocenters. The zero-order valence-corrected chi connectivity index (χ0v) is 10.7. The van der Waals surface area contributed by atoms with Crippen LogP contribution in [-0.4, -0.2) is 29.7 Å². The van der Waals surface area contributed by atoms with Crippen LogP contribution in [0.2, 0.25) is 0 Å². The number of rotatable bonds is 3. The third-order valence-corrected chi connectivity index (χ3v) is 1.24. The van der Waals surface area contributed by atoms with E-state index in [0.29, 0.717) is 6.54 Å². The van der Waals surface area contributed by atoms with Crippen molar-refractivity contribution in [3.05, 3.63) is 0 Å². The molecule has 14 heavy (non-hydrogen) atoms. The van der Waals surface area contributed by atoms with Gasteiger partial charge in [0.05, 0.1) is 6.54 Å². The topological polar surface area (TPSA) is 37.4 Å². The molecule has 3 heteroatoms. The molecule has 0 aromatic heterocycles. The summed E-state index contributed by atoms with van der Waals surface area (Å²) in [6, 6.07) is 0. The van der Waals surface area contributed by atoms with E-state index in [0.717, 1.165) is 0 Å². The predicted molar refractivity (Wildman–Crippen MR) is 61.3 cm³/mol. The largest absolute Gasteiger partial charge is 0.336 e. The number of carbonyl (C=O) groups is 2. The molecule has 86 valence electrons. The van der Waals surface area contributed by atoms with Crippen LogP contribution < -0.4 is 0 Å². The molecular weight excluding hydrogens is 178 g/mol. The van der Waals surface area contributed by atoms with Crippen molar-refractivity contribution >= 4 is 11.7 Å². The van der Waals surface area contributed by atoms with E-state index in [9.17, 15) is 9.59 Å². The molecular formula is C11H25NO2. The van der Waals surface area contributed by atoms with Gasteiger partial charge in [0.15, 0.2) is 0 Å². The minimum atomic E-state index is -0.0438. The molecule has 0 fully saturated rings. The van der Waals surface area contributed by atoms with Gasteiger partial charge in [-0.25, -0.2) is 0 Å². The normalized spacial score (nSPS) is 7.36. The molecule has 0 N–H and O–H groups in total. The van der Waals surface area contributed by atoms with Gasteiger partial charge in [-0.2, -0.15) is 0 Å². The smallest absolute Gasteiger partial charge is 0.219 e. The number of amides is 1. The Morgan fingerprint density at radius 2 is 1.36 bits per heavy atom. The van der Waals surface area contributed by atoms with Gasteiger partial charge in [0.1, 0.15) is 5.78 Å². The maximum absolute atomic E-state index is 10.7. The standard InChI is InChI=1S/C7H13NO2.2C2H6/c1-4-8(7(3)10)5-6(2)9;2*1-2/h4-5H2,1-3H3;2*1-2H3. The minimum Gasteiger partial charge on any atom is -0.336 e. The van der Waals surface area contributed by atoms with E-state index in [2.05, 4.69) is 0 Å². The van der Waals surface area contributed by atoms with Gasteiger partial charge >= 0.3 is 0 Å². The number of carbonyl (C=O) groups excluding carboxylic acids is 2. The molecule has 0 heterocycles. The van der Waals surface area contributed by atoms with Crippen LogP contribution in [0.1, 0.15) is 48.5 Å². The highest BCUT2D eigenvalue weighted by Crippen LogP contribution is 1.87. The molecule has 0 saturated heterocycles. The maximum Gasteiger partial charge on any atom is 0.219 e. The summed E-state index contributed by atoms with van der Waals surface area (Å²) in [7, 11) is 0. The molecule has 0 rings (SSSR count). The van der Waals surface area contributed by atoms with E-state index in [1.807, 2.05) is 34.6 Å². The Kier molecular flexibility index (Phi) is 19.7. The second-order valence-corrected chi connectivity index (χ2v) is 2.24. The summed E-state index contributed by atoms with van der Waals surface area (Å²) >= 11 is 0. The lowest BCUT2D eigenvalue weighted by molar-refractivity contribution is -0.132. The summed E-state index contributed by atoms with van der Waals surface area (Å²) in [6.07, 6.45) is 0. The van der Waals surface area contributed by atoms with Crippen LogP contribution in [0.15, 0.2) is 0 Å². The summed E-state index contributed by atoms with van der Waals surface area (Å²) in [5.74, 6) is -0.0187. The first-order valence-electron chi connectivity index (χ1n) is 5.32. The van der Waals surface area contributed by atoms with Crippen molar-refractivity contribution in [2.45, 2.75) is 48.5 Å². The Labute approximate surface area is 88.5 Å².